The van der Waals surface area contributed by atoms with E-state index in [0.717, 1.165) is 11.3 Å². The first-order valence-electron chi connectivity index (χ1n) is 6.12. The van der Waals surface area contributed by atoms with Crippen LogP contribution in [0.15, 0.2) is 33.9 Å². The minimum Gasteiger partial charge on any atom is -0.497 e. The van der Waals surface area contributed by atoms with Crippen LogP contribution >= 0.6 is 15.9 Å². The monoisotopic (exact) mass is 374 g/mol. The summed E-state index contributed by atoms with van der Waals surface area (Å²) in [6.45, 7) is 0.271. The van der Waals surface area contributed by atoms with E-state index >= 15 is 0 Å². The molecule has 0 radical (unpaired) electrons. The van der Waals surface area contributed by atoms with Crippen LogP contribution in [-0.4, -0.2) is 37.1 Å². The van der Waals surface area contributed by atoms with Crippen molar-refractivity contribution in [3.63, 3.8) is 0 Å². The minimum atomic E-state index is -3.65. The van der Waals surface area contributed by atoms with E-state index in [9.17, 15) is 8.42 Å². The molecule has 0 amide bonds. The predicted octanol–water partition coefficient (Wildman–Crippen LogP) is 1.11. The van der Waals surface area contributed by atoms with Gasteiger partial charge in [-0.1, -0.05) is 17.3 Å². The average molecular weight is 375 g/mol. The lowest BCUT2D eigenvalue weighted by atomic mass is 10.1. The Kier molecular flexibility index (Phi) is 4.96. The Bertz CT molecular complexity index is 710. The van der Waals surface area contributed by atoms with E-state index in [2.05, 4.69) is 31.0 Å². The zero-order valence-corrected chi connectivity index (χ0v) is 14.0. The van der Waals surface area contributed by atoms with Gasteiger partial charge in [-0.2, -0.15) is 0 Å². The van der Waals surface area contributed by atoms with E-state index in [4.69, 9.17) is 4.74 Å². The largest absolute Gasteiger partial charge is 0.497 e. The first kappa shape index (κ1) is 15.9. The van der Waals surface area contributed by atoms with Crippen LogP contribution in [0.1, 0.15) is 5.56 Å². The van der Waals surface area contributed by atoms with Crippen molar-refractivity contribution in [1.29, 1.82) is 0 Å². The van der Waals surface area contributed by atoms with Gasteiger partial charge in [0.1, 0.15) is 5.75 Å². The summed E-state index contributed by atoms with van der Waals surface area (Å²) in [5, 5.41) is 7.33. The van der Waals surface area contributed by atoms with E-state index in [-0.39, 0.29) is 16.2 Å². The van der Waals surface area contributed by atoms with Crippen molar-refractivity contribution in [2.75, 3.05) is 13.7 Å². The smallest absolute Gasteiger partial charge is 0.260 e. The number of rotatable bonds is 6. The molecule has 2 rings (SSSR count). The standard InChI is InChI=1S/C12H15BrN4O3S/c1-17-12(11(13)15-16-17)21(18,19)14-7-6-9-4-3-5-10(8-9)20-2/h3-5,8,14H,6-7H2,1-2H3. The predicted molar refractivity (Wildman–Crippen MR) is 80.6 cm³/mol. The normalized spacial score (nSPS) is 11.6. The van der Waals surface area contributed by atoms with Crippen LogP contribution in [0.25, 0.3) is 0 Å². The Labute approximate surface area is 131 Å². The lowest BCUT2D eigenvalue weighted by molar-refractivity contribution is 0.414. The Hall–Kier alpha value is -1.45. The third kappa shape index (κ3) is 3.80. The third-order valence-corrected chi connectivity index (χ3v) is 5.18. The second-order valence-electron chi connectivity index (χ2n) is 4.31. The molecule has 0 aliphatic rings. The molecule has 114 valence electrons. The zero-order chi connectivity index (χ0) is 15.5. The number of sulfonamides is 1. The van der Waals surface area contributed by atoms with Gasteiger partial charge in [-0.05, 0) is 40.0 Å². The number of aryl methyl sites for hydroxylation is 1. The van der Waals surface area contributed by atoms with Gasteiger partial charge >= 0.3 is 0 Å². The van der Waals surface area contributed by atoms with Crippen molar-refractivity contribution in [1.82, 2.24) is 19.7 Å². The molecule has 1 aromatic carbocycles. The number of benzene rings is 1. The summed E-state index contributed by atoms with van der Waals surface area (Å²) in [4.78, 5) is 0. The van der Waals surface area contributed by atoms with Gasteiger partial charge in [-0.25, -0.2) is 17.8 Å². The molecule has 7 nitrogen and oxygen atoms in total. The first-order chi connectivity index (χ1) is 9.94. The van der Waals surface area contributed by atoms with Crippen LogP contribution in [-0.2, 0) is 23.5 Å². The third-order valence-electron chi connectivity index (χ3n) is 2.83. The van der Waals surface area contributed by atoms with Crippen molar-refractivity contribution >= 4 is 26.0 Å². The molecule has 1 N–H and O–H groups in total. The number of hydrogen-bond donors (Lipinski definition) is 1. The molecule has 0 bridgehead atoms. The average Bonchev–Trinajstić information content (AvgIpc) is 2.79. The molecule has 1 heterocycles. The highest BCUT2D eigenvalue weighted by Gasteiger charge is 2.23. The number of methoxy groups -OCH3 is 1. The SMILES string of the molecule is COc1cccc(CCNS(=O)(=O)c2c(Br)nnn2C)c1. The number of hydrogen-bond acceptors (Lipinski definition) is 5. The topological polar surface area (TPSA) is 86.1 Å². The van der Waals surface area contributed by atoms with E-state index in [1.165, 1.54) is 11.7 Å². The number of nitrogens with one attached hydrogen (secondary N) is 1. The molecule has 0 unspecified atom stereocenters. The number of ether oxygens (including phenoxy) is 1. The van der Waals surface area contributed by atoms with Gasteiger partial charge in [0, 0.05) is 13.6 Å². The van der Waals surface area contributed by atoms with Gasteiger partial charge in [0.05, 0.1) is 7.11 Å². The van der Waals surface area contributed by atoms with Crippen molar-refractivity contribution in [3.8, 4) is 5.75 Å². The Morgan fingerprint density at radius 3 is 2.81 bits per heavy atom. The minimum absolute atomic E-state index is 0.00754. The first-order valence-corrected chi connectivity index (χ1v) is 8.39. The molecule has 2 aromatic rings. The maximum atomic E-state index is 12.2. The van der Waals surface area contributed by atoms with Crippen LogP contribution < -0.4 is 9.46 Å². The molecule has 1 aromatic heterocycles. The molecule has 0 saturated carbocycles. The van der Waals surface area contributed by atoms with Gasteiger partial charge in [0.25, 0.3) is 10.0 Å². The summed E-state index contributed by atoms with van der Waals surface area (Å²) >= 11 is 3.08. The highest BCUT2D eigenvalue weighted by Crippen LogP contribution is 2.17. The highest BCUT2D eigenvalue weighted by atomic mass is 79.9. The fraction of sp³-hybridized carbons (Fsp3) is 0.333. The summed E-state index contributed by atoms with van der Waals surface area (Å²) in [5.41, 5.74) is 0.985. The fourth-order valence-electron chi connectivity index (χ4n) is 1.83. The number of halogens is 1. The molecular weight excluding hydrogens is 360 g/mol. The van der Waals surface area contributed by atoms with Crippen molar-refractivity contribution in [2.24, 2.45) is 7.05 Å². The van der Waals surface area contributed by atoms with Crippen molar-refractivity contribution in [3.05, 3.63) is 34.4 Å². The Morgan fingerprint density at radius 1 is 1.43 bits per heavy atom. The Balaban J connectivity index is 2.02. The molecule has 0 aliphatic carbocycles. The fourth-order valence-corrected chi connectivity index (χ4v) is 3.96. The van der Waals surface area contributed by atoms with Crippen LogP contribution in [0, 0.1) is 0 Å². The number of aromatic nitrogens is 3. The highest BCUT2D eigenvalue weighted by molar-refractivity contribution is 9.10. The summed E-state index contributed by atoms with van der Waals surface area (Å²) in [6.07, 6.45) is 0.555. The van der Waals surface area contributed by atoms with Crippen LogP contribution in [0.3, 0.4) is 0 Å². The van der Waals surface area contributed by atoms with E-state index in [1.54, 1.807) is 7.11 Å². The molecular formula is C12H15BrN4O3S. The maximum Gasteiger partial charge on any atom is 0.260 e. The van der Waals surface area contributed by atoms with Gasteiger partial charge in [-0.3, -0.25) is 0 Å². The molecule has 0 atom stereocenters. The number of nitrogens with zero attached hydrogens (tertiary/aromatic N) is 3. The summed E-state index contributed by atoms with van der Waals surface area (Å²) < 4.78 is 33.4. The second-order valence-corrected chi connectivity index (χ2v) is 6.74. The summed E-state index contributed by atoms with van der Waals surface area (Å²) in [5.74, 6) is 0.744. The Morgan fingerprint density at radius 2 is 2.19 bits per heavy atom. The quantitative estimate of drug-likeness (QED) is 0.818. The van der Waals surface area contributed by atoms with Crippen LogP contribution in [0.5, 0.6) is 5.75 Å². The van der Waals surface area contributed by atoms with Crippen molar-refractivity contribution in [2.45, 2.75) is 11.4 Å². The van der Waals surface area contributed by atoms with Gasteiger partial charge in [0.2, 0.25) is 5.03 Å². The zero-order valence-electron chi connectivity index (χ0n) is 11.6. The van der Waals surface area contributed by atoms with Crippen molar-refractivity contribution < 1.29 is 13.2 Å². The lowest BCUT2D eigenvalue weighted by Gasteiger charge is -2.07. The molecule has 0 spiro atoms. The summed E-state index contributed by atoms with van der Waals surface area (Å²) in [7, 11) is -0.540. The van der Waals surface area contributed by atoms with Gasteiger partial charge in [0.15, 0.2) is 4.60 Å². The molecule has 0 fully saturated rings. The molecule has 9 heteroatoms. The van der Waals surface area contributed by atoms with E-state index < -0.39 is 10.0 Å². The van der Waals surface area contributed by atoms with E-state index in [0.29, 0.717) is 6.42 Å². The van der Waals surface area contributed by atoms with E-state index in [1.807, 2.05) is 24.3 Å². The molecule has 0 saturated heterocycles. The van der Waals surface area contributed by atoms with Gasteiger partial charge in [-0.15, -0.1) is 5.10 Å². The second kappa shape index (κ2) is 6.54. The maximum absolute atomic E-state index is 12.2. The molecule has 21 heavy (non-hydrogen) atoms. The van der Waals surface area contributed by atoms with Gasteiger partial charge < -0.3 is 4.74 Å². The summed E-state index contributed by atoms with van der Waals surface area (Å²) in [6, 6.07) is 7.49. The molecule has 0 aliphatic heterocycles. The van der Waals surface area contributed by atoms with Crippen LogP contribution in [0.4, 0.5) is 0 Å². The lowest BCUT2D eigenvalue weighted by Crippen LogP contribution is -2.28. The van der Waals surface area contributed by atoms with Crippen LogP contribution in [0.2, 0.25) is 0 Å².